The van der Waals surface area contributed by atoms with E-state index in [4.69, 9.17) is 20.2 Å². The Morgan fingerprint density at radius 2 is 1.95 bits per heavy atom. The number of carbonyl (C=O) groups excluding carboxylic acids is 1. The lowest BCUT2D eigenvalue weighted by Crippen LogP contribution is -2.69. The van der Waals surface area contributed by atoms with Crippen LogP contribution in [0.2, 0.25) is 0 Å². The number of carbonyl (C=O) groups is 1. The summed E-state index contributed by atoms with van der Waals surface area (Å²) < 4.78 is 26.5. The van der Waals surface area contributed by atoms with Gasteiger partial charge in [-0.05, 0) is 52.7 Å². The van der Waals surface area contributed by atoms with Crippen LogP contribution in [-0.4, -0.2) is 62.8 Å². The Morgan fingerprint density at radius 1 is 1.23 bits per heavy atom. The van der Waals surface area contributed by atoms with Crippen molar-refractivity contribution in [3.8, 4) is 11.8 Å². The minimum atomic E-state index is -0.710. The predicted octanol–water partition coefficient (Wildman–Crippen LogP) is 4.44. The van der Waals surface area contributed by atoms with Gasteiger partial charge in [0, 0.05) is 37.0 Å². The van der Waals surface area contributed by atoms with Crippen molar-refractivity contribution >= 4 is 39.5 Å². The number of H-pyrrole nitrogens is 1. The highest BCUT2D eigenvalue weighted by atomic mass is 19.1. The van der Waals surface area contributed by atoms with Gasteiger partial charge in [0.05, 0.1) is 29.0 Å². The molecular weight excluding hydrogens is 503 g/mol. The first-order valence-corrected chi connectivity index (χ1v) is 12.9. The van der Waals surface area contributed by atoms with Crippen LogP contribution in [0.3, 0.4) is 0 Å². The van der Waals surface area contributed by atoms with E-state index in [2.05, 4.69) is 24.8 Å². The fourth-order valence-electron chi connectivity index (χ4n) is 5.29. The van der Waals surface area contributed by atoms with Crippen molar-refractivity contribution in [2.75, 3.05) is 29.9 Å². The quantitative estimate of drug-likeness (QED) is 0.389. The lowest BCUT2D eigenvalue weighted by atomic mass is 9.60. The van der Waals surface area contributed by atoms with Gasteiger partial charge in [-0.2, -0.15) is 9.97 Å². The van der Waals surface area contributed by atoms with Gasteiger partial charge in [-0.25, -0.2) is 19.2 Å². The van der Waals surface area contributed by atoms with Crippen molar-refractivity contribution in [2.45, 2.75) is 52.2 Å². The van der Waals surface area contributed by atoms with Crippen molar-refractivity contribution in [3.05, 3.63) is 36.2 Å². The SMILES string of the molecule is Cc1ncc(Oc2nc(N3CC4(CC[C@H]4N)C3)c3c(n2)[nH]c2c(N(C)C(=O)OC(C)(C)C)cc(F)cc23)cn1. The van der Waals surface area contributed by atoms with Gasteiger partial charge < -0.3 is 25.1 Å². The van der Waals surface area contributed by atoms with E-state index in [-0.39, 0.29) is 17.5 Å². The molecule has 0 radical (unpaired) electrons. The van der Waals surface area contributed by atoms with Crippen LogP contribution < -0.4 is 20.3 Å². The standard InChI is InChI=1S/C27H31FN8O3/c1-14-30-10-16(11-31-14)38-24-33-22-20(23(34-24)36-12-27(13-36)7-6-19(27)29)17-8-15(28)9-18(21(17)32-22)35(5)25(37)39-26(2,3)4/h8-11,19H,6-7,12-13,29H2,1-5H3,(H,32,33,34)/t19-/m1/s1. The van der Waals surface area contributed by atoms with E-state index >= 15 is 4.39 Å². The number of hydrogen-bond donors (Lipinski definition) is 2. The van der Waals surface area contributed by atoms with Gasteiger partial charge >= 0.3 is 12.1 Å². The maximum atomic E-state index is 15.0. The van der Waals surface area contributed by atoms with Crippen LogP contribution >= 0.6 is 0 Å². The van der Waals surface area contributed by atoms with Crippen molar-refractivity contribution in [1.82, 2.24) is 24.9 Å². The normalized spacial score (nSPS) is 18.2. The van der Waals surface area contributed by atoms with Crippen molar-refractivity contribution in [1.29, 1.82) is 0 Å². The summed E-state index contributed by atoms with van der Waals surface area (Å²) in [7, 11) is 1.55. The Hall–Kier alpha value is -4.06. The molecule has 1 aromatic carbocycles. The van der Waals surface area contributed by atoms with Crippen LogP contribution in [-0.2, 0) is 4.74 Å². The van der Waals surface area contributed by atoms with Crippen LogP contribution in [0.1, 0.15) is 39.4 Å². The molecule has 39 heavy (non-hydrogen) atoms. The first-order valence-electron chi connectivity index (χ1n) is 12.9. The van der Waals surface area contributed by atoms with Crippen molar-refractivity contribution in [3.63, 3.8) is 0 Å². The van der Waals surface area contributed by atoms with Gasteiger partial charge in [0.25, 0.3) is 0 Å². The number of ether oxygens (including phenoxy) is 2. The van der Waals surface area contributed by atoms with E-state index in [0.717, 1.165) is 25.9 Å². The number of aromatic amines is 1. The molecule has 4 heterocycles. The second kappa shape index (κ2) is 8.73. The lowest BCUT2D eigenvalue weighted by Gasteiger charge is -2.60. The topological polar surface area (TPSA) is 135 Å². The number of aryl methyl sites for hydroxylation is 1. The molecule has 2 aliphatic rings. The Kier molecular flexibility index (Phi) is 5.65. The van der Waals surface area contributed by atoms with E-state index in [9.17, 15) is 4.79 Å². The monoisotopic (exact) mass is 534 g/mol. The molecule has 0 bridgehead atoms. The van der Waals surface area contributed by atoms with Gasteiger partial charge in [-0.1, -0.05) is 0 Å². The summed E-state index contributed by atoms with van der Waals surface area (Å²) in [6, 6.07) is 2.97. The minimum Gasteiger partial charge on any atom is -0.443 e. The Balaban J connectivity index is 1.48. The number of aromatic nitrogens is 5. The molecule has 12 heteroatoms. The molecule has 2 fully saturated rings. The third kappa shape index (κ3) is 4.38. The molecule has 1 atom stereocenters. The zero-order valence-electron chi connectivity index (χ0n) is 22.6. The van der Waals surface area contributed by atoms with Crippen molar-refractivity contribution in [2.24, 2.45) is 11.1 Å². The fraction of sp³-hybridized carbons (Fsp3) is 0.444. The summed E-state index contributed by atoms with van der Waals surface area (Å²) in [5.41, 5.74) is 6.98. The van der Waals surface area contributed by atoms with Gasteiger partial charge in [-0.3, -0.25) is 4.90 Å². The molecule has 4 aromatic rings. The smallest absolute Gasteiger partial charge is 0.414 e. The van der Waals surface area contributed by atoms with Gasteiger partial charge in [-0.15, -0.1) is 0 Å². The summed E-state index contributed by atoms with van der Waals surface area (Å²) in [4.78, 5) is 37.2. The fourth-order valence-corrected chi connectivity index (χ4v) is 5.29. The number of hydrogen-bond acceptors (Lipinski definition) is 9. The molecule has 204 valence electrons. The maximum Gasteiger partial charge on any atom is 0.414 e. The van der Waals surface area contributed by atoms with Crippen molar-refractivity contribution < 1.29 is 18.7 Å². The number of amides is 1. The second-order valence-electron chi connectivity index (χ2n) is 11.5. The highest BCUT2D eigenvalue weighted by Crippen LogP contribution is 2.50. The number of anilines is 2. The van der Waals surface area contributed by atoms with E-state index < -0.39 is 17.5 Å². The number of nitrogens with one attached hydrogen (secondary N) is 1. The first kappa shape index (κ1) is 25.2. The average Bonchev–Trinajstić information content (AvgIpc) is 3.20. The Bertz CT molecular complexity index is 1590. The number of benzene rings is 1. The molecule has 6 rings (SSSR count). The summed E-state index contributed by atoms with van der Waals surface area (Å²) in [5, 5.41) is 1.19. The zero-order chi connectivity index (χ0) is 27.7. The molecule has 1 aliphatic heterocycles. The molecule has 11 nitrogen and oxygen atoms in total. The van der Waals surface area contributed by atoms with Crippen LogP contribution in [0.15, 0.2) is 24.5 Å². The van der Waals surface area contributed by atoms with Gasteiger partial charge in [0.1, 0.15) is 28.7 Å². The molecule has 1 saturated carbocycles. The molecule has 1 amide bonds. The van der Waals surface area contributed by atoms with Crippen LogP contribution in [0.25, 0.3) is 21.9 Å². The lowest BCUT2D eigenvalue weighted by molar-refractivity contribution is 0.0559. The zero-order valence-corrected chi connectivity index (χ0v) is 22.6. The number of halogens is 1. The summed E-state index contributed by atoms with van der Waals surface area (Å²) >= 11 is 0. The molecule has 1 aliphatic carbocycles. The largest absolute Gasteiger partial charge is 0.443 e. The highest BCUT2D eigenvalue weighted by Gasteiger charge is 2.54. The third-order valence-electron chi connectivity index (χ3n) is 7.51. The summed E-state index contributed by atoms with van der Waals surface area (Å²) in [5.74, 6) is 1.11. The van der Waals surface area contributed by atoms with E-state index in [1.54, 1.807) is 47.1 Å². The molecule has 1 spiro atoms. The van der Waals surface area contributed by atoms with E-state index in [1.165, 1.54) is 17.0 Å². The molecule has 1 saturated heterocycles. The molecular formula is C27H31FN8O3. The predicted molar refractivity (Wildman–Crippen MR) is 145 cm³/mol. The Morgan fingerprint density at radius 3 is 2.56 bits per heavy atom. The Labute approximate surface area is 224 Å². The van der Waals surface area contributed by atoms with Gasteiger partial charge in [0.15, 0.2) is 5.75 Å². The summed E-state index contributed by atoms with van der Waals surface area (Å²) in [6.07, 6.45) is 4.57. The molecule has 3 aromatic heterocycles. The second-order valence-corrected chi connectivity index (χ2v) is 11.5. The molecule has 3 N–H and O–H groups in total. The number of nitrogens with zero attached hydrogens (tertiary/aromatic N) is 6. The highest BCUT2D eigenvalue weighted by molar-refractivity contribution is 6.16. The average molecular weight is 535 g/mol. The summed E-state index contributed by atoms with van der Waals surface area (Å²) in [6.45, 7) is 8.59. The molecule has 0 unspecified atom stereocenters. The first-order chi connectivity index (χ1) is 18.4. The van der Waals surface area contributed by atoms with Crippen LogP contribution in [0, 0.1) is 18.2 Å². The van der Waals surface area contributed by atoms with Crippen LogP contribution in [0.5, 0.6) is 11.8 Å². The van der Waals surface area contributed by atoms with Crippen LogP contribution in [0.4, 0.5) is 20.7 Å². The number of nitrogens with two attached hydrogens (primary N) is 1. The van der Waals surface area contributed by atoms with E-state index in [1.807, 2.05) is 0 Å². The number of fused-ring (bicyclic) bond motifs is 3. The number of rotatable bonds is 4. The van der Waals surface area contributed by atoms with E-state index in [0.29, 0.717) is 45.0 Å². The third-order valence-corrected chi connectivity index (χ3v) is 7.51. The van der Waals surface area contributed by atoms with Gasteiger partial charge in [0.2, 0.25) is 0 Å². The minimum absolute atomic E-state index is 0.0720. The maximum absolute atomic E-state index is 15.0.